The van der Waals surface area contributed by atoms with E-state index >= 15 is 0 Å². The molecule has 0 aliphatic carbocycles. The molecular formula is C22H20ClFN4O. The van der Waals surface area contributed by atoms with E-state index in [0.717, 1.165) is 16.8 Å². The third-order valence-corrected chi connectivity index (χ3v) is 5.54. The Morgan fingerprint density at radius 1 is 1.28 bits per heavy atom. The van der Waals surface area contributed by atoms with Crippen molar-refractivity contribution in [2.24, 2.45) is 0 Å². The molecule has 3 aromatic rings. The summed E-state index contributed by atoms with van der Waals surface area (Å²) in [7, 11) is 0. The number of halogens is 2. The van der Waals surface area contributed by atoms with Crippen molar-refractivity contribution in [1.29, 1.82) is 0 Å². The second-order valence-corrected chi connectivity index (χ2v) is 7.56. The van der Waals surface area contributed by atoms with Gasteiger partial charge in [0.05, 0.1) is 18.3 Å². The third kappa shape index (κ3) is 3.23. The Morgan fingerprint density at radius 2 is 2.00 bits per heavy atom. The van der Waals surface area contributed by atoms with Crippen LogP contribution in [0.5, 0.6) is 0 Å². The summed E-state index contributed by atoms with van der Waals surface area (Å²) in [4.78, 5) is 18.4. The molecule has 0 bridgehead atoms. The van der Waals surface area contributed by atoms with Crippen LogP contribution in [0.4, 0.5) is 4.39 Å². The molecule has 0 N–H and O–H groups in total. The van der Waals surface area contributed by atoms with Gasteiger partial charge < -0.3 is 4.90 Å². The van der Waals surface area contributed by atoms with E-state index < -0.39 is 5.82 Å². The van der Waals surface area contributed by atoms with Crippen LogP contribution in [0.15, 0.2) is 55.4 Å². The van der Waals surface area contributed by atoms with Gasteiger partial charge in [0.25, 0.3) is 0 Å². The van der Waals surface area contributed by atoms with Crippen molar-refractivity contribution >= 4 is 17.5 Å². The highest BCUT2D eigenvalue weighted by Gasteiger charge is 2.36. The monoisotopic (exact) mass is 410 g/mol. The van der Waals surface area contributed by atoms with Gasteiger partial charge in [0.15, 0.2) is 0 Å². The maximum Gasteiger partial charge on any atom is 0.246 e. The zero-order valence-electron chi connectivity index (χ0n) is 16.1. The van der Waals surface area contributed by atoms with Crippen molar-refractivity contribution in [1.82, 2.24) is 19.7 Å². The number of pyridine rings is 1. The number of rotatable bonds is 3. The van der Waals surface area contributed by atoms with Gasteiger partial charge in [-0.05, 0) is 55.8 Å². The van der Waals surface area contributed by atoms with Gasteiger partial charge in [-0.1, -0.05) is 18.2 Å². The zero-order chi connectivity index (χ0) is 20.7. The summed E-state index contributed by atoms with van der Waals surface area (Å²) in [6.45, 7) is 8.06. The first-order valence-corrected chi connectivity index (χ1v) is 9.71. The normalized spacial score (nSPS) is 18.4. The van der Waals surface area contributed by atoms with Crippen molar-refractivity contribution in [2.45, 2.75) is 32.5 Å². The van der Waals surface area contributed by atoms with Gasteiger partial charge >= 0.3 is 0 Å². The Morgan fingerprint density at radius 3 is 2.66 bits per heavy atom. The van der Waals surface area contributed by atoms with Gasteiger partial charge in [-0.3, -0.25) is 14.5 Å². The summed E-state index contributed by atoms with van der Waals surface area (Å²) in [6.07, 6.45) is 4.69. The number of fused-ring (bicyclic) bond motifs is 1. The molecule has 3 heterocycles. The largest absolute Gasteiger partial charge is 0.326 e. The number of amides is 1. The minimum atomic E-state index is -0.442. The molecule has 0 unspecified atom stereocenters. The molecule has 1 aliphatic rings. The lowest BCUT2D eigenvalue weighted by molar-refractivity contribution is -0.131. The van der Waals surface area contributed by atoms with Crippen molar-refractivity contribution < 1.29 is 9.18 Å². The summed E-state index contributed by atoms with van der Waals surface area (Å²) in [5.74, 6) is -0.583. The van der Waals surface area contributed by atoms with Crippen LogP contribution in [-0.4, -0.2) is 31.6 Å². The Balaban J connectivity index is 1.99. The second kappa shape index (κ2) is 7.44. The number of hydrogen-bond donors (Lipinski definition) is 0. The maximum absolute atomic E-state index is 14.8. The maximum atomic E-state index is 14.8. The fourth-order valence-corrected chi connectivity index (χ4v) is 4.24. The molecule has 1 aliphatic heterocycles. The molecule has 0 saturated heterocycles. The van der Waals surface area contributed by atoms with E-state index in [-0.39, 0.29) is 18.0 Å². The predicted octanol–water partition coefficient (Wildman–Crippen LogP) is 4.88. The lowest BCUT2D eigenvalue weighted by Gasteiger charge is -2.39. The molecule has 7 heteroatoms. The van der Waals surface area contributed by atoms with Gasteiger partial charge in [-0.15, -0.1) is 0 Å². The lowest BCUT2D eigenvalue weighted by Crippen LogP contribution is -2.46. The van der Waals surface area contributed by atoms with Crippen LogP contribution in [0.3, 0.4) is 0 Å². The van der Waals surface area contributed by atoms with E-state index in [1.165, 1.54) is 12.1 Å². The van der Waals surface area contributed by atoms with Gasteiger partial charge in [0.1, 0.15) is 11.5 Å². The molecule has 0 spiro atoms. The number of carbonyl (C=O) groups excluding carboxylic acids is 1. The molecule has 2 aromatic heterocycles. The number of hydrogen-bond acceptors (Lipinski definition) is 3. The Hall–Kier alpha value is -2.99. The van der Waals surface area contributed by atoms with Crippen LogP contribution >= 0.6 is 11.6 Å². The first kappa shape index (κ1) is 19.3. The van der Waals surface area contributed by atoms with E-state index in [1.54, 1.807) is 29.4 Å². The molecule has 2 atom stereocenters. The predicted molar refractivity (Wildman–Crippen MR) is 111 cm³/mol. The second-order valence-electron chi connectivity index (χ2n) is 7.13. The summed E-state index contributed by atoms with van der Waals surface area (Å²) >= 11 is 5.95. The van der Waals surface area contributed by atoms with Crippen LogP contribution < -0.4 is 0 Å². The summed E-state index contributed by atoms with van der Waals surface area (Å²) in [6, 6.07) is 7.95. The molecule has 0 fully saturated rings. The molecule has 148 valence electrons. The lowest BCUT2D eigenvalue weighted by atomic mass is 9.94. The average Bonchev–Trinajstić information content (AvgIpc) is 3.07. The topological polar surface area (TPSA) is 51.0 Å². The highest BCUT2D eigenvalue weighted by Crippen LogP contribution is 2.42. The van der Waals surface area contributed by atoms with E-state index in [4.69, 9.17) is 16.7 Å². The van der Waals surface area contributed by atoms with Crippen LogP contribution in [0, 0.1) is 5.82 Å². The SMILES string of the molecule is C=CC(=O)N1[C@H](C)Cn2nc(-c3ccc(Cl)cc3F)c(-c3ccncc3)c2[C@H]1C. The van der Waals surface area contributed by atoms with Crippen molar-refractivity contribution in [3.05, 3.63) is 71.9 Å². The van der Waals surface area contributed by atoms with Crippen molar-refractivity contribution in [2.75, 3.05) is 0 Å². The van der Waals surface area contributed by atoms with E-state index in [9.17, 15) is 9.18 Å². The summed E-state index contributed by atoms with van der Waals surface area (Å²) in [5, 5.41) is 5.08. The first-order valence-electron chi connectivity index (χ1n) is 9.33. The molecular weight excluding hydrogens is 391 g/mol. The van der Waals surface area contributed by atoms with Crippen LogP contribution in [0.1, 0.15) is 25.6 Å². The standard InChI is InChI=1S/C22H20ClFN4O/c1-4-19(29)28-13(2)12-27-22(14(28)3)20(15-7-9-25-10-8-15)21(26-27)17-6-5-16(23)11-18(17)24/h4-11,13-14H,1,12H2,2-3H3/t13-,14-/m1/s1. The minimum absolute atomic E-state index is 0.0731. The van der Waals surface area contributed by atoms with Gasteiger partial charge in [0, 0.05) is 34.6 Å². The molecule has 29 heavy (non-hydrogen) atoms. The number of benzene rings is 1. The Labute approximate surface area is 173 Å². The average molecular weight is 411 g/mol. The smallest absolute Gasteiger partial charge is 0.246 e. The summed E-state index contributed by atoms with van der Waals surface area (Å²) in [5.41, 5.74) is 3.39. The molecule has 5 nitrogen and oxygen atoms in total. The fourth-order valence-electron chi connectivity index (χ4n) is 4.08. The van der Waals surface area contributed by atoms with E-state index in [1.807, 2.05) is 30.7 Å². The van der Waals surface area contributed by atoms with Crippen LogP contribution in [0.2, 0.25) is 5.02 Å². The number of carbonyl (C=O) groups is 1. The molecule has 0 radical (unpaired) electrons. The quantitative estimate of drug-likeness (QED) is 0.578. The highest BCUT2D eigenvalue weighted by molar-refractivity contribution is 6.30. The van der Waals surface area contributed by atoms with Gasteiger partial charge in [-0.2, -0.15) is 5.10 Å². The van der Waals surface area contributed by atoms with Crippen molar-refractivity contribution in [3.8, 4) is 22.4 Å². The number of nitrogens with zero attached hydrogens (tertiary/aromatic N) is 4. The molecule has 0 saturated carbocycles. The first-order chi connectivity index (χ1) is 13.9. The summed E-state index contributed by atoms with van der Waals surface area (Å²) < 4.78 is 16.7. The Bertz CT molecular complexity index is 1100. The highest BCUT2D eigenvalue weighted by atomic mass is 35.5. The van der Waals surface area contributed by atoms with Crippen LogP contribution in [-0.2, 0) is 11.3 Å². The van der Waals surface area contributed by atoms with Gasteiger partial charge in [-0.25, -0.2) is 4.39 Å². The molecule has 1 aromatic carbocycles. The number of aromatic nitrogens is 3. The molecule has 4 rings (SSSR count). The Kier molecular flexibility index (Phi) is 4.96. The minimum Gasteiger partial charge on any atom is -0.326 e. The van der Waals surface area contributed by atoms with E-state index in [2.05, 4.69) is 11.6 Å². The van der Waals surface area contributed by atoms with E-state index in [0.29, 0.717) is 22.8 Å². The third-order valence-electron chi connectivity index (χ3n) is 5.30. The van der Waals surface area contributed by atoms with Crippen molar-refractivity contribution in [3.63, 3.8) is 0 Å². The zero-order valence-corrected chi connectivity index (χ0v) is 16.9. The van der Waals surface area contributed by atoms with Gasteiger partial charge in [0.2, 0.25) is 5.91 Å². The van der Waals surface area contributed by atoms with Crippen LogP contribution in [0.25, 0.3) is 22.4 Å². The fraction of sp³-hybridized carbons (Fsp3) is 0.227. The molecule has 1 amide bonds.